The summed E-state index contributed by atoms with van der Waals surface area (Å²) in [6.45, 7) is 0. The molecule has 4 aliphatic carbocycles. The number of piperidine rings is 2. The number of carbonyl (C=O) groups is 2. The third-order valence-corrected chi connectivity index (χ3v) is 16.2. The number of nitrogens with zero attached hydrogens (tertiary/aromatic N) is 2. The maximum absolute atomic E-state index is 12.6. The molecule has 18 heteroatoms. The summed E-state index contributed by atoms with van der Waals surface area (Å²) in [6.07, 6.45) is 21.3. The molecule has 4 atom stereocenters. The van der Waals surface area contributed by atoms with Gasteiger partial charge in [-0.1, -0.05) is 12.1 Å². The van der Waals surface area contributed by atoms with Gasteiger partial charge >= 0.3 is 31.5 Å². The summed E-state index contributed by atoms with van der Waals surface area (Å²) < 4.78 is 53.6. The molecule has 0 spiro atoms. The first-order valence-corrected chi connectivity index (χ1v) is 25.6. The summed E-state index contributed by atoms with van der Waals surface area (Å²) >= 11 is 0. The molecule has 4 fully saturated rings. The Balaban J connectivity index is 0.000000151. The molecular weight excluding hydrogens is 848 g/mol. The molecule has 4 saturated heterocycles. The molecule has 4 bridgehead atoms. The lowest BCUT2D eigenvalue weighted by Crippen LogP contribution is -2.52. The van der Waals surface area contributed by atoms with Gasteiger partial charge in [0.25, 0.3) is 0 Å². The first-order chi connectivity index (χ1) is 28.1. The normalized spacial score (nSPS) is 27.2. The van der Waals surface area contributed by atoms with Gasteiger partial charge in [-0.25, -0.2) is 19.0 Å². The van der Waals surface area contributed by atoms with E-state index in [-0.39, 0.29) is 18.4 Å². The fourth-order valence-corrected chi connectivity index (χ4v) is 13.1. The molecule has 2 aromatic rings. The molecule has 14 nitrogen and oxygen atoms in total. The van der Waals surface area contributed by atoms with E-state index in [4.69, 9.17) is 16.4 Å². The lowest BCUT2D eigenvalue weighted by molar-refractivity contribution is 0.157. The monoisotopic (exact) mass is 908 g/mol. The number of benzene rings is 2. The molecule has 332 valence electrons. The van der Waals surface area contributed by atoms with Gasteiger partial charge in [0.2, 0.25) is 0 Å². The Bertz CT molecular complexity index is 2100. The smallest absolute Gasteiger partial charge is 0.328 e. The van der Waals surface area contributed by atoms with E-state index in [0.717, 1.165) is 137 Å². The van der Waals surface area contributed by atoms with Crippen LogP contribution in [-0.2, 0) is 70.8 Å². The molecule has 2 aromatic carbocycles. The highest BCUT2D eigenvalue weighted by Gasteiger charge is 2.40. The summed E-state index contributed by atoms with van der Waals surface area (Å²) in [5, 5.41) is 5.58. The maximum Gasteiger partial charge on any atom is 0.333 e. The standard InChI is InChI=1S/C21H30N4O3S.C13H15ClN2O3S.C8H16N2.ClH/c1-25-16-8-9-17(25)12-15(11-16)23-29(27,28)24-21(26)22-20-18-6-2-4-13(18)10-14-5-3-7-19(14)20;14-20(18,19)16-13(17)15-12-10-5-1-3-8(10)7-9-4-2-6-11(9)12;1-10-7-2-3-8(10)5-6(9)4-7;/h10,15-17,23H,2-9,11-12H2,1H3,(H2,22,24,26);7H,1-6H2,(H2,15,16,17);6-8H,2-5,9H2,1H3;1H. The summed E-state index contributed by atoms with van der Waals surface area (Å²) in [4.78, 5) is 29.2. The Morgan fingerprint density at radius 3 is 1.32 bits per heavy atom. The van der Waals surface area contributed by atoms with E-state index in [1.54, 1.807) is 4.72 Å². The molecule has 4 heterocycles. The van der Waals surface area contributed by atoms with E-state index in [2.05, 4.69) is 56.1 Å². The van der Waals surface area contributed by atoms with Crippen molar-refractivity contribution in [1.82, 2.24) is 24.0 Å². The van der Waals surface area contributed by atoms with Crippen molar-refractivity contribution in [3.8, 4) is 0 Å². The number of amides is 4. The second kappa shape index (κ2) is 18.6. The molecule has 60 heavy (non-hydrogen) atoms. The fourth-order valence-electron chi connectivity index (χ4n) is 11.7. The van der Waals surface area contributed by atoms with Crippen LogP contribution in [0, 0.1) is 0 Å². The van der Waals surface area contributed by atoms with Gasteiger partial charge in [0.1, 0.15) is 0 Å². The number of halogens is 2. The summed E-state index contributed by atoms with van der Waals surface area (Å²) in [5.41, 5.74) is 17.4. The molecule has 7 N–H and O–H groups in total. The minimum atomic E-state index is -4.06. The van der Waals surface area contributed by atoms with Gasteiger partial charge in [-0.15, -0.1) is 12.4 Å². The Morgan fingerprint density at radius 2 is 0.950 bits per heavy atom. The second-order valence-corrected chi connectivity index (χ2v) is 21.9. The van der Waals surface area contributed by atoms with E-state index >= 15 is 0 Å². The van der Waals surface area contributed by atoms with Crippen LogP contribution in [0.5, 0.6) is 0 Å². The molecule has 4 unspecified atom stereocenters. The number of nitrogens with two attached hydrogens (primary N) is 1. The van der Waals surface area contributed by atoms with Crippen LogP contribution in [-0.4, -0.2) is 89.0 Å². The van der Waals surface area contributed by atoms with Crippen LogP contribution in [0.4, 0.5) is 21.0 Å². The van der Waals surface area contributed by atoms with Gasteiger partial charge in [0, 0.05) is 58.3 Å². The third-order valence-electron chi connectivity index (χ3n) is 14.4. The average molecular weight is 910 g/mol. The van der Waals surface area contributed by atoms with Gasteiger partial charge in [-0.3, -0.25) is 0 Å². The Kier molecular flexibility index (Phi) is 14.0. The van der Waals surface area contributed by atoms with Crippen molar-refractivity contribution in [2.45, 2.75) is 165 Å². The van der Waals surface area contributed by atoms with Gasteiger partial charge < -0.3 is 26.2 Å². The summed E-state index contributed by atoms with van der Waals surface area (Å²) in [5.74, 6) is 0. The lowest BCUT2D eigenvalue weighted by Gasteiger charge is -2.36. The molecule has 4 aliphatic heterocycles. The first-order valence-electron chi connectivity index (χ1n) is 21.8. The minimum absolute atomic E-state index is 0. The van der Waals surface area contributed by atoms with Crippen molar-refractivity contribution >= 4 is 66.0 Å². The second-order valence-electron chi connectivity index (χ2n) is 18.1. The average Bonchev–Trinajstić information content (AvgIpc) is 4.02. The molecule has 0 saturated carbocycles. The molecule has 4 amide bonds. The van der Waals surface area contributed by atoms with E-state index in [9.17, 15) is 26.4 Å². The lowest BCUT2D eigenvalue weighted by atomic mass is 9.99. The van der Waals surface area contributed by atoms with Crippen LogP contribution in [0.2, 0.25) is 0 Å². The van der Waals surface area contributed by atoms with Gasteiger partial charge in [0.05, 0.1) is 0 Å². The van der Waals surface area contributed by atoms with Gasteiger partial charge in [0.15, 0.2) is 0 Å². The van der Waals surface area contributed by atoms with E-state index < -0.39 is 31.5 Å². The zero-order chi connectivity index (χ0) is 41.6. The quantitative estimate of drug-likeness (QED) is 0.203. The van der Waals surface area contributed by atoms with Crippen LogP contribution in [0.15, 0.2) is 12.1 Å². The Hall–Kier alpha value is -2.70. The van der Waals surface area contributed by atoms with Crippen LogP contribution >= 0.6 is 23.1 Å². The fraction of sp³-hybridized carbons (Fsp3) is 0.667. The van der Waals surface area contributed by atoms with Crippen LogP contribution in [0.3, 0.4) is 0 Å². The minimum Gasteiger partial charge on any atom is -0.328 e. The van der Waals surface area contributed by atoms with Crippen LogP contribution in [0.1, 0.15) is 122 Å². The molecular formula is C42H62Cl2N8O6S2. The first kappa shape index (κ1) is 45.3. The number of nitrogens with one attached hydrogen (secondary N) is 5. The molecule has 0 radical (unpaired) electrons. The Labute approximate surface area is 366 Å². The number of urea groups is 2. The molecule has 10 rings (SSSR count). The number of anilines is 2. The number of fused-ring (bicyclic) bond motifs is 8. The van der Waals surface area contributed by atoms with E-state index in [0.29, 0.717) is 18.1 Å². The van der Waals surface area contributed by atoms with Crippen LogP contribution in [0.25, 0.3) is 0 Å². The van der Waals surface area contributed by atoms with E-state index in [1.165, 1.54) is 59.1 Å². The van der Waals surface area contributed by atoms with Crippen molar-refractivity contribution < 1.29 is 26.4 Å². The largest absolute Gasteiger partial charge is 0.333 e. The topological polar surface area (TPSA) is 195 Å². The summed E-state index contributed by atoms with van der Waals surface area (Å²) in [6, 6.07) is 5.95. The number of hydrogen-bond acceptors (Lipinski definition) is 9. The highest BCUT2D eigenvalue weighted by atomic mass is 35.7. The third kappa shape index (κ3) is 10.2. The number of aryl methyl sites for hydroxylation is 4. The highest BCUT2D eigenvalue weighted by Crippen LogP contribution is 2.40. The van der Waals surface area contributed by atoms with Gasteiger partial charge in [-0.05, 0) is 187 Å². The summed E-state index contributed by atoms with van der Waals surface area (Å²) in [7, 11) is 1.44. The van der Waals surface area contributed by atoms with Crippen molar-refractivity contribution in [3.05, 3.63) is 56.6 Å². The SMILES string of the molecule is CN1C2CCC1CC(N)C2.CN1C2CCC1CC(NS(=O)(=O)NC(=O)Nc1c3c(cc4c1CCC4)CCC3)C2.Cl.O=C(Nc1c2c(cc3c1CCC3)CCC2)NS(=O)(=O)Cl. The zero-order valence-electron chi connectivity index (χ0n) is 34.8. The molecule has 0 aromatic heterocycles. The Morgan fingerprint density at radius 1 is 0.600 bits per heavy atom. The predicted octanol–water partition coefficient (Wildman–Crippen LogP) is 5.51. The maximum atomic E-state index is 12.6. The number of hydrogen-bond donors (Lipinski definition) is 6. The highest BCUT2D eigenvalue weighted by molar-refractivity contribution is 8.12. The molecule has 8 aliphatic rings. The van der Waals surface area contributed by atoms with Crippen LogP contribution < -0.4 is 30.5 Å². The van der Waals surface area contributed by atoms with Crippen molar-refractivity contribution in [2.24, 2.45) is 5.73 Å². The van der Waals surface area contributed by atoms with Crippen molar-refractivity contribution in [3.63, 3.8) is 0 Å². The van der Waals surface area contributed by atoms with E-state index in [1.807, 2.05) is 0 Å². The number of carbonyl (C=O) groups excluding carboxylic acids is 2. The number of rotatable bonds is 6. The predicted molar refractivity (Wildman–Crippen MR) is 239 cm³/mol. The van der Waals surface area contributed by atoms with Gasteiger partial charge in [-0.2, -0.15) is 21.6 Å². The van der Waals surface area contributed by atoms with Crippen molar-refractivity contribution in [2.75, 3.05) is 24.7 Å². The van der Waals surface area contributed by atoms with Crippen molar-refractivity contribution in [1.29, 1.82) is 0 Å². The zero-order valence-corrected chi connectivity index (χ0v) is 38.0.